The molecule has 44 heavy (non-hydrogen) atoms. The maximum absolute atomic E-state index is 13.7. The van der Waals surface area contributed by atoms with Gasteiger partial charge in [-0.2, -0.15) is 8.61 Å². The van der Waals surface area contributed by atoms with Gasteiger partial charge in [0.25, 0.3) is 10.0 Å². The molecule has 0 radical (unpaired) electrons. The lowest BCUT2D eigenvalue weighted by molar-refractivity contribution is -0.120. The zero-order valence-corrected chi connectivity index (χ0v) is 26.0. The molecule has 0 saturated carbocycles. The van der Waals surface area contributed by atoms with E-state index in [9.17, 15) is 30.0 Å². The van der Waals surface area contributed by atoms with Crippen LogP contribution in [0.1, 0.15) is 5.56 Å². The number of nitrogens with one attached hydrogen (secondary N) is 2. The van der Waals surface area contributed by atoms with Crippen molar-refractivity contribution < 1.29 is 30.0 Å². The summed E-state index contributed by atoms with van der Waals surface area (Å²) < 4.78 is 84.4. The maximum Gasteiger partial charge on any atom is 0.261 e. The van der Waals surface area contributed by atoms with E-state index in [1.54, 1.807) is 54.6 Å². The molecule has 0 aliphatic carbocycles. The van der Waals surface area contributed by atoms with Crippen LogP contribution in [0, 0.1) is 6.92 Å². The normalized spacial score (nSPS) is 16.7. The number of piperazine rings is 1. The highest BCUT2D eigenvalue weighted by atomic mass is 32.2. The van der Waals surface area contributed by atoms with Crippen LogP contribution in [0.4, 0.5) is 11.4 Å². The average molecular weight is 655 g/mol. The lowest BCUT2D eigenvalue weighted by Gasteiger charge is -2.38. The van der Waals surface area contributed by atoms with E-state index in [2.05, 4.69) is 10.0 Å². The minimum absolute atomic E-state index is 0.0228. The molecule has 0 spiro atoms. The Hall–Kier alpha value is -4.08. The van der Waals surface area contributed by atoms with Crippen LogP contribution in [0.5, 0.6) is 0 Å². The summed E-state index contributed by atoms with van der Waals surface area (Å²) >= 11 is 0. The van der Waals surface area contributed by atoms with Gasteiger partial charge in [0.05, 0.1) is 14.7 Å². The Bertz CT molecular complexity index is 1970. The van der Waals surface area contributed by atoms with Crippen molar-refractivity contribution in [3.05, 3.63) is 115 Å². The molecule has 230 valence electrons. The summed E-state index contributed by atoms with van der Waals surface area (Å²) in [5, 5.41) is 2.63. The van der Waals surface area contributed by atoms with Gasteiger partial charge in [-0.25, -0.2) is 25.3 Å². The second kappa shape index (κ2) is 12.5. The fourth-order valence-electron chi connectivity index (χ4n) is 4.80. The number of anilines is 2. The average Bonchev–Trinajstić information content (AvgIpc) is 3.01. The Morgan fingerprint density at radius 1 is 0.659 bits per heavy atom. The summed E-state index contributed by atoms with van der Waals surface area (Å²) in [7, 11) is -12.1. The molecular weight excluding hydrogens is 625 g/mol. The highest BCUT2D eigenvalue weighted by Gasteiger charge is 2.43. The van der Waals surface area contributed by atoms with Crippen molar-refractivity contribution in [1.82, 2.24) is 8.61 Å². The lowest BCUT2D eigenvalue weighted by atomic mass is 10.2. The summed E-state index contributed by atoms with van der Waals surface area (Å²) in [6.07, 6.45) is 0. The van der Waals surface area contributed by atoms with Crippen LogP contribution >= 0.6 is 0 Å². The van der Waals surface area contributed by atoms with Gasteiger partial charge in [0.2, 0.25) is 26.0 Å². The third-order valence-corrected chi connectivity index (χ3v) is 12.2. The number of hydrogen-bond donors (Lipinski definition) is 2. The Balaban J connectivity index is 1.40. The lowest BCUT2D eigenvalue weighted by Crippen LogP contribution is -2.60. The van der Waals surface area contributed by atoms with E-state index in [0.29, 0.717) is 5.69 Å². The van der Waals surface area contributed by atoms with E-state index in [4.69, 9.17) is 0 Å². The molecule has 0 unspecified atom stereocenters. The molecule has 5 rings (SSSR count). The molecule has 2 N–H and O–H groups in total. The van der Waals surface area contributed by atoms with Crippen LogP contribution in [0.15, 0.2) is 124 Å². The molecule has 11 nitrogen and oxygen atoms in total. The summed E-state index contributed by atoms with van der Waals surface area (Å²) in [5.74, 6) is -0.772. The standard InChI is InChI=1S/C30H30N4O7S3/c1-23-9-8-10-25(21-23)32-42(36,37)26-17-15-24(16-18-26)31-30(35)29-22-33(43(38,39)27-11-4-2-5-12-27)19-20-34(29)44(40,41)28-13-6-3-7-14-28/h2-18,21,29,32H,19-20,22H2,1H3,(H,31,35)/t29-/m1/s1. The molecule has 1 aliphatic heterocycles. The molecule has 1 saturated heterocycles. The Morgan fingerprint density at radius 3 is 1.84 bits per heavy atom. The monoisotopic (exact) mass is 654 g/mol. The zero-order chi connectivity index (χ0) is 31.5. The Morgan fingerprint density at radius 2 is 1.25 bits per heavy atom. The molecule has 1 aliphatic rings. The van der Waals surface area contributed by atoms with E-state index in [1.165, 1.54) is 48.5 Å². The first kappa shape index (κ1) is 31.3. The van der Waals surface area contributed by atoms with Crippen LogP contribution in [-0.4, -0.2) is 65.4 Å². The van der Waals surface area contributed by atoms with E-state index >= 15 is 0 Å². The smallest absolute Gasteiger partial charge is 0.261 e. The van der Waals surface area contributed by atoms with Crippen molar-refractivity contribution in [1.29, 1.82) is 0 Å². The van der Waals surface area contributed by atoms with Crippen LogP contribution in [0.2, 0.25) is 0 Å². The van der Waals surface area contributed by atoms with Crippen LogP contribution in [-0.2, 0) is 34.9 Å². The van der Waals surface area contributed by atoms with Crippen molar-refractivity contribution >= 4 is 47.4 Å². The number of sulfonamides is 3. The minimum atomic E-state index is -4.18. The molecule has 14 heteroatoms. The molecule has 4 aromatic carbocycles. The van der Waals surface area contributed by atoms with Gasteiger partial charge in [0.1, 0.15) is 6.04 Å². The number of nitrogens with zero attached hydrogens (tertiary/aromatic N) is 2. The molecule has 1 fully saturated rings. The van der Waals surface area contributed by atoms with Gasteiger partial charge in [-0.05, 0) is 73.2 Å². The number of aryl methyl sites for hydroxylation is 1. The number of amides is 1. The predicted molar refractivity (Wildman–Crippen MR) is 166 cm³/mol. The number of hydrogen-bond acceptors (Lipinski definition) is 7. The molecule has 1 amide bonds. The molecule has 1 atom stereocenters. The molecule has 0 aromatic heterocycles. The third kappa shape index (κ3) is 6.69. The molecule has 4 aromatic rings. The van der Waals surface area contributed by atoms with Crippen molar-refractivity contribution in [3.8, 4) is 0 Å². The first-order valence-electron chi connectivity index (χ1n) is 13.5. The highest BCUT2D eigenvalue weighted by Crippen LogP contribution is 2.27. The minimum Gasteiger partial charge on any atom is -0.325 e. The zero-order valence-electron chi connectivity index (χ0n) is 23.6. The van der Waals surface area contributed by atoms with Crippen LogP contribution in [0.3, 0.4) is 0 Å². The summed E-state index contributed by atoms with van der Waals surface area (Å²) in [5.41, 5.74) is 1.48. The highest BCUT2D eigenvalue weighted by molar-refractivity contribution is 7.92. The Kier molecular flexibility index (Phi) is 8.90. The van der Waals surface area contributed by atoms with E-state index in [-0.39, 0.29) is 33.5 Å². The van der Waals surface area contributed by atoms with E-state index in [1.807, 2.05) is 13.0 Å². The van der Waals surface area contributed by atoms with Gasteiger partial charge in [0, 0.05) is 31.0 Å². The van der Waals surface area contributed by atoms with E-state index in [0.717, 1.165) is 14.2 Å². The quantitative estimate of drug-likeness (QED) is 0.281. The first-order valence-corrected chi connectivity index (χ1v) is 17.9. The molecule has 0 bridgehead atoms. The molecular formula is C30H30N4O7S3. The topological polar surface area (TPSA) is 150 Å². The van der Waals surface area contributed by atoms with Crippen molar-refractivity contribution in [2.75, 3.05) is 29.7 Å². The number of carbonyl (C=O) groups excluding carboxylic acids is 1. The van der Waals surface area contributed by atoms with Crippen LogP contribution < -0.4 is 10.0 Å². The SMILES string of the molecule is Cc1cccc(NS(=O)(=O)c2ccc(NC(=O)[C@H]3CN(S(=O)(=O)c4ccccc4)CCN3S(=O)(=O)c3ccccc3)cc2)c1. The van der Waals surface area contributed by atoms with Gasteiger partial charge in [-0.15, -0.1) is 0 Å². The number of rotatable bonds is 9. The van der Waals surface area contributed by atoms with Crippen molar-refractivity contribution in [3.63, 3.8) is 0 Å². The fraction of sp³-hybridized carbons (Fsp3) is 0.167. The van der Waals surface area contributed by atoms with Gasteiger partial charge < -0.3 is 5.32 Å². The third-order valence-electron chi connectivity index (χ3n) is 7.03. The largest absolute Gasteiger partial charge is 0.325 e. The maximum atomic E-state index is 13.7. The van der Waals surface area contributed by atoms with Gasteiger partial charge in [0.15, 0.2) is 0 Å². The van der Waals surface area contributed by atoms with Crippen molar-refractivity contribution in [2.24, 2.45) is 0 Å². The van der Waals surface area contributed by atoms with Gasteiger partial charge >= 0.3 is 0 Å². The second-order valence-corrected chi connectivity index (χ2v) is 15.6. The van der Waals surface area contributed by atoms with Gasteiger partial charge in [-0.1, -0.05) is 48.5 Å². The number of carbonyl (C=O) groups is 1. The fourth-order valence-corrected chi connectivity index (χ4v) is 8.90. The first-order chi connectivity index (χ1) is 20.9. The predicted octanol–water partition coefficient (Wildman–Crippen LogP) is 3.50. The number of benzene rings is 4. The Labute approximate surface area is 257 Å². The summed E-state index contributed by atoms with van der Waals surface area (Å²) in [6, 6.07) is 26.1. The van der Waals surface area contributed by atoms with E-state index < -0.39 is 48.6 Å². The van der Waals surface area contributed by atoms with Crippen LogP contribution in [0.25, 0.3) is 0 Å². The summed E-state index contributed by atoms with van der Waals surface area (Å²) in [6.45, 7) is 0.989. The van der Waals surface area contributed by atoms with Gasteiger partial charge in [-0.3, -0.25) is 9.52 Å². The second-order valence-electron chi connectivity index (χ2n) is 10.1. The summed E-state index contributed by atoms with van der Waals surface area (Å²) in [4.78, 5) is 13.6. The molecule has 1 heterocycles. The van der Waals surface area contributed by atoms with Crippen molar-refractivity contribution in [2.45, 2.75) is 27.7 Å².